The van der Waals surface area contributed by atoms with E-state index in [9.17, 15) is 8.42 Å². The van der Waals surface area contributed by atoms with E-state index in [0.717, 1.165) is 33.2 Å². The lowest BCUT2D eigenvalue weighted by molar-refractivity contribution is 0.415. The molecular weight excluding hydrogens is 334 g/mol. The van der Waals surface area contributed by atoms with E-state index in [1.807, 2.05) is 51.1 Å². The van der Waals surface area contributed by atoms with Crippen molar-refractivity contribution in [3.8, 4) is 5.75 Å². The third-order valence-electron chi connectivity index (χ3n) is 4.24. The van der Waals surface area contributed by atoms with E-state index in [2.05, 4.69) is 4.72 Å². The predicted octanol–water partition coefficient (Wildman–Crippen LogP) is 4.57. The van der Waals surface area contributed by atoms with Crippen molar-refractivity contribution in [3.05, 3.63) is 65.2 Å². The second-order valence-electron chi connectivity index (χ2n) is 6.25. The summed E-state index contributed by atoms with van der Waals surface area (Å²) in [5.74, 6) is 0.743. The van der Waals surface area contributed by atoms with Crippen molar-refractivity contribution in [1.29, 1.82) is 0 Å². The molecule has 0 aliphatic carbocycles. The summed E-state index contributed by atoms with van der Waals surface area (Å²) in [6, 6.07) is 14.6. The number of methoxy groups -OCH3 is 1. The molecule has 0 saturated heterocycles. The summed E-state index contributed by atoms with van der Waals surface area (Å²) in [5, 5.41) is 1.78. The molecule has 0 aromatic heterocycles. The molecule has 0 bridgehead atoms. The molecule has 130 valence electrons. The predicted molar refractivity (Wildman–Crippen MR) is 102 cm³/mol. The molecule has 25 heavy (non-hydrogen) atoms. The van der Waals surface area contributed by atoms with Gasteiger partial charge in [-0.15, -0.1) is 0 Å². The minimum absolute atomic E-state index is 0.240. The largest absolute Gasteiger partial charge is 0.497 e. The molecule has 1 N–H and O–H groups in total. The van der Waals surface area contributed by atoms with Gasteiger partial charge >= 0.3 is 0 Å². The molecule has 0 spiro atoms. The fourth-order valence-corrected chi connectivity index (χ4v) is 4.27. The average Bonchev–Trinajstić information content (AvgIpc) is 2.57. The second kappa shape index (κ2) is 6.41. The Labute approximate surface area is 148 Å². The van der Waals surface area contributed by atoms with Crippen LogP contribution >= 0.6 is 0 Å². The summed E-state index contributed by atoms with van der Waals surface area (Å²) in [7, 11) is -2.05. The lowest BCUT2D eigenvalue weighted by atomic mass is 10.1. The molecule has 0 unspecified atom stereocenters. The van der Waals surface area contributed by atoms with Crippen LogP contribution in [-0.2, 0) is 10.0 Å². The molecule has 0 radical (unpaired) electrons. The quantitative estimate of drug-likeness (QED) is 0.745. The molecule has 4 nitrogen and oxygen atoms in total. The second-order valence-corrected chi connectivity index (χ2v) is 7.94. The van der Waals surface area contributed by atoms with Gasteiger partial charge < -0.3 is 4.74 Å². The van der Waals surface area contributed by atoms with E-state index in [4.69, 9.17) is 4.74 Å². The Hall–Kier alpha value is -2.53. The van der Waals surface area contributed by atoms with Crippen LogP contribution < -0.4 is 9.46 Å². The highest BCUT2D eigenvalue weighted by Crippen LogP contribution is 2.27. The van der Waals surface area contributed by atoms with Crippen molar-refractivity contribution in [2.75, 3.05) is 11.8 Å². The molecule has 0 aliphatic rings. The van der Waals surface area contributed by atoms with Gasteiger partial charge in [0, 0.05) is 0 Å². The number of nitrogens with one attached hydrogen (secondary N) is 1. The Morgan fingerprint density at radius 2 is 1.44 bits per heavy atom. The summed E-state index contributed by atoms with van der Waals surface area (Å²) in [6.07, 6.45) is 0. The van der Waals surface area contributed by atoms with E-state index >= 15 is 0 Å². The molecule has 0 heterocycles. The third kappa shape index (κ3) is 3.46. The Morgan fingerprint density at radius 3 is 2.08 bits per heavy atom. The van der Waals surface area contributed by atoms with Crippen LogP contribution in [0.25, 0.3) is 10.8 Å². The number of aryl methyl sites for hydroxylation is 3. The highest BCUT2D eigenvalue weighted by molar-refractivity contribution is 7.92. The van der Waals surface area contributed by atoms with Gasteiger partial charge in [0.2, 0.25) is 0 Å². The highest BCUT2D eigenvalue weighted by atomic mass is 32.2. The Bertz CT molecular complexity index is 1030. The van der Waals surface area contributed by atoms with Crippen LogP contribution in [0.3, 0.4) is 0 Å². The van der Waals surface area contributed by atoms with Gasteiger partial charge in [-0.2, -0.15) is 0 Å². The number of anilines is 1. The molecule has 0 aliphatic heterocycles. The number of sulfonamides is 1. The first-order valence-electron chi connectivity index (χ1n) is 7.98. The lowest BCUT2D eigenvalue weighted by Gasteiger charge is -2.14. The number of benzene rings is 3. The molecule has 0 atom stereocenters. The normalized spacial score (nSPS) is 11.5. The first kappa shape index (κ1) is 17.3. The number of fused-ring (bicyclic) bond motifs is 1. The van der Waals surface area contributed by atoms with Crippen LogP contribution in [0, 0.1) is 20.8 Å². The zero-order valence-corrected chi connectivity index (χ0v) is 15.6. The van der Waals surface area contributed by atoms with Crippen LogP contribution in [0.15, 0.2) is 53.4 Å². The fourth-order valence-electron chi connectivity index (χ4n) is 3.03. The highest BCUT2D eigenvalue weighted by Gasteiger charge is 2.17. The lowest BCUT2D eigenvalue weighted by Crippen LogP contribution is -2.14. The van der Waals surface area contributed by atoms with Crippen molar-refractivity contribution in [1.82, 2.24) is 0 Å². The van der Waals surface area contributed by atoms with Gasteiger partial charge in [0.15, 0.2) is 0 Å². The minimum atomic E-state index is -3.66. The smallest absolute Gasteiger partial charge is 0.261 e. The molecule has 3 aromatic carbocycles. The maximum absolute atomic E-state index is 12.8. The van der Waals surface area contributed by atoms with Gasteiger partial charge in [0.05, 0.1) is 17.7 Å². The van der Waals surface area contributed by atoms with E-state index in [0.29, 0.717) is 5.69 Å². The van der Waals surface area contributed by atoms with E-state index in [-0.39, 0.29) is 4.90 Å². The summed E-state index contributed by atoms with van der Waals surface area (Å²) >= 11 is 0. The van der Waals surface area contributed by atoms with Crippen molar-refractivity contribution in [3.63, 3.8) is 0 Å². The van der Waals surface area contributed by atoms with Gasteiger partial charge in [0.25, 0.3) is 10.0 Å². The Balaban J connectivity index is 2.01. The van der Waals surface area contributed by atoms with Crippen molar-refractivity contribution in [2.24, 2.45) is 0 Å². The fraction of sp³-hybridized carbons (Fsp3) is 0.200. The van der Waals surface area contributed by atoms with E-state index < -0.39 is 10.0 Å². The average molecular weight is 355 g/mol. The summed E-state index contributed by atoms with van der Waals surface area (Å²) < 4.78 is 33.6. The molecule has 3 aromatic rings. The monoisotopic (exact) mass is 355 g/mol. The van der Waals surface area contributed by atoms with Gasteiger partial charge in [-0.3, -0.25) is 4.72 Å². The van der Waals surface area contributed by atoms with Gasteiger partial charge in [-0.25, -0.2) is 8.42 Å². The van der Waals surface area contributed by atoms with Crippen LogP contribution in [0.1, 0.15) is 16.7 Å². The van der Waals surface area contributed by atoms with Crippen LogP contribution in [0.2, 0.25) is 0 Å². The third-order valence-corrected chi connectivity index (χ3v) is 5.59. The molecular formula is C20H21NO3S. The number of hydrogen-bond donors (Lipinski definition) is 1. The molecule has 0 saturated carbocycles. The number of hydrogen-bond acceptors (Lipinski definition) is 3. The topological polar surface area (TPSA) is 55.4 Å². The van der Waals surface area contributed by atoms with Crippen molar-refractivity contribution in [2.45, 2.75) is 25.7 Å². The Morgan fingerprint density at radius 1 is 0.840 bits per heavy atom. The molecule has 0 fully saturated rings. The van der Waals surface area contributed by atoms with Crippen LogP contribution in [0.5, 0.6) is 5.75 Å². The summed E-state index contributed by atoms with van der Waals surface area (Å²) in [5.41, 5.74) is 3.57. The molecule has 5 heteroatoms. The first-order chi connectivity index (χ1) is 11.8. The SMILES string of the molecule is COc1ccc2cc(S(=O)(=O)Nc3c(C)cc(C)cc3C)ccc2c1. The zero-order chi connectivity index (χ0) is 18.2. The number of rotatable bonds is 4. The molecule has 3 rings (SSSR count). The Kier molecular flexibility index (Phi) is 4.43. The standard InChI is InChI=1S/C20H21NO3S/c1-13-9-14(2)20(15(3)10-13)21-25(22,23)19-8-6-16-11-18(24-4)7-5-17(16)12-19/h5-12,21H,1-4H3. The maximum atomic E-state index is 12.8. The van der Waals surface area contributed by atoms with E-state index in [1.54, 1.807) is 25.3 Å². The summed E-state index contributed by atoms with van der Waals surface area (Å²) in [4.78, 5) is 0.240. The summed E-state index contributed by atoms with van der Waals surface area (Å²) in [6.45, 7) is 5.81. The van der Waals surface area contributed by atoms with E-state index in [1.165, 1.54) is 0 Å². The molecule has 0 amide bonds. The first-order valence-corrected chi connectivity index (χ1v) is 9.47. The zero-order valence-electron chi connectivity index (χ0n) is 14.8. The number of ether oxygens (including phenoxy) is 1. The van der Waals surface area contributed by atoms with Crippen molar-refractivity contribution >= 4 is 26.5 Å². The maximum Gasteiger partial charge on any atom is 0.261 e. The van der Waals surface area contributed by atoms with Gasteiger partial charge in [-0.1, -0.05) is 29.8 Å². The minimum Gasteiger partial charge on any atom is -0.497 e. The van der Waals surface area contributed by atoms with Crippen LogP contribution in [0.4, 0.5) is 5.69 Å². The van der Waals surface area contributed by atoms with Gasteiger partial charge in [0.1, 0.15) is 5.75 Å². The van der Waals surface area contributed by atoms with Crippen molar-refractivity contribution < 1.29 is 13.2 Å². The van der Waals surface area contributed by atoms with Crippen LogP contribution in [-0.4, -0.2) is 15.5 Å². The van der Waals surface area contributed by atoms with Gasteiger partial charge in [-0.05, 0) is 66.9 Å².